The Bertz CT molecular complexity index is 903. The van der Waals surface area contributed by atoms with E-state index in [1.807, 2.05) is 19.1 Å². The van der Waals surface area contributed by atoms with Crippen molar-refractivity contribution in [3.8, 4) is 0 Å². The summed E-state index contributed by atoms with van der Waals surface area (Å²) >= 11 is 0. The third kappa shape index (κ3) is 4.06. The standard InChI is InChI=1S/C21H21N3O3/c1-3-19(25)22-16-8-5-14(6-9-16)21(27)23-17-10-11-18-15(13-17)7-12-20(26)24(18)4-2/h3,5-6,8-11,13H,1,4,7,12H2,2H3,(H,22,25)(H,23,27). The fourth-order valence-corrected chi connectivity index (χ4v) is 3.09. The van der Waals surface area contributed by atoms with E-state index in [2.05, 4.69) is 17.2 Å². The lowest BCUT2D eigenvalue weighted by atomic mass is 10.0. The van der Waals surface area contributed by atoms with Crippen LogP contribution in [0, 0.1) is 0 Å². The third-order valence-electron chi connectivity index (χ3n) is 4.45. The fourth-order valence-electron chi connectivity index (χ4n) is 3.09. The molecule has 3 rings (SSSR count). The van der Waals surface area contributed by atoms with Crippen LogP contribution in [0.25, 0.3) is 0 Å². The van der Waals surface area contributed by atoms with E-state index in [4.69, 9.17) is 0 Å². The summed E-state index contributed by atoms with van der Waals surface area (Å²) in [4.78, 5) is 37.5. The van der Waals surface area contributed by atoms with Crippen molar-refractivity contribution in [2.45, 2.75) is 19.8 Å². The number of fused-ring (bicyclic) bond motifs is 1. The Morgan fingerprint density at radius 1 is 1.07 bits per heavy atom. The molecule has 6 nitrogen and oxygen atoms in total. The molecular formula is C21H21N3O3. The zero-order valence-corrected chi connectivity index (χ0v) is 15.1. The predicted octanol–water partition coefficient (Wildman–Crippen LogP) is 3.36. The number of anilines is 3. The minimum atomic E-state index is -0.305. The number of nitrogens with zero attached hydrogens (tertiary/aromatic N) is 1. The summed E-state index contributed by atoms with van der Waals surface area (Å²) in [5, 5.41) is 5.51. The van der Waals surface area contributed by atoms with E-state index in [0.29, 0.717) is 36.3 Å². The number of aryl methyl sites for hydroxylation is 1. The van der Waals surface area contributed by atoms with Gasteiger partial charge in [0.15, 0.2) is 0 Å². The van der Waals surface area contributed by atoms with Crippen LogP contribution < -0.4 is 15.5 Å². The molecule has 1 heterocycles. The van der Waals surface area contributed by atoms with Crippen molar-refractivity contribution in [2.24, 2.45) is 0 Å². The minimum Gasteiger partial charge on any atom is -0.323 e. The average molecular weight is 363 g/mol. The van der Waals surface area contributed by atoms with Gasteiger partial charge in [0.1, 0.15) is 0 Å². The molecule has 6 heteroatoms. The highest BCUT2D eigenvalue weighted by Gasteiger charge is 2.23. The molecule has 2 aromatic rings. The maximum Gasteiger partial charge on any atom is 0.255 e. The molecule has 27 heavy (non-hydrogen) atoms. The van der Waals surface area contributed by atoms with Crippen LogP contribution in [0.1, 0.15) is 29.3 Å². The van der Waals surface area contributed by atoms with Crippen LogP contribution in [0.15, 0.2) is 55.1 Å². The second-order valence-corrected chi connectivity index (χ2v) is 6.21. The number of hydrogen-bond donors (Lipinski definition) is 2. The molecule has 3 amide bonds. The highest BCUT2D eigenvalue weighted by Crippen LogP contribution is 2.30. The van der Waals surface area contributed by atoms with Gasteiger partial charge in [-0.3, -0.25) is 14.4 Å². The first-order valence-electron chi connectivity index (χ1n) is 8.80. The molecular weight excluding hydrogens is 342 g/mol. The summed E-state index contributed by atoms with van der Waals surface area (Å²) in [7, 11) is 0. The summed E-state index contributed by atoms with van der Waals surface area (Å²) < 4.78 is 0. The number of amides is 3. The van der Waals surface area contributed by atoms with Gasteiger partial charge in [0.2, 0.25) is 11.8 Å². The van der Waals surface area contributed by atoms with Crippen molar-refractivity contribution in [1.29, 1.82) is 0 Å². The maximum absolute atomic E-state index is 12.5. The number of rotatable bonds is 5. The molecule has 0 fully saturated rings. The van der Waals surface area contributed by atoms with E-state index < -0.39 is 0 Å². The molecule has 138 valence electrons. The Morgan fingerprint density at radius 2 is 1.78 bits per heavy atom. The molecule has 0 spiro atoms. The van der Waals surface area contributed by atoms with Crippen molar-refractivity contribution < 1.29 is 14.4 Å². The molecule has 0 unspecified atom stereocenters. The largest absolute Gasteiger partial charge is 0.323 e. The first kappa shape index (κ1) is 18.4. The molecule has 0 bridgehead atoms. The van der Waals surface area contributed by atoms with Gasteiger partial charge in [-0.15, -0.1) is 0 Å². The molecule has 1 aliphatic rings. The topological polar surface area (TPSA) is 78.5 Å². The quantitative estimate of drug-likeness (QED) is 0.800. The highest BCUT2D eigenvalue weighted by molar-refractivity contribution is 6.05. The summed E-state index contributed by atoms with van der Waals surface area (Å²) in [6.07, 6.45) is 2.34. The molecule has 0 aliphatic carbocycles. The maximum atomic E-state index is 12.5. The molecule has 2 aromatic carbocycles. The first-order chi connectivity index (χ1) is 13.0. The van der Waals surface area contributed by atoms with Crippen molar-refractivity contribution in [3.05, 3.63) is 66.2 Å². The second-order valence-electron chi connectivity index (χ2n) is 6.21. The minimum absolute atomic E-state index is 0.130. The predicted molar refractivity (Wildman–Crippen MR) is 106 cm³/mol. The normalized spacial score (nSPS) is 12.9. The summed E-state index contributed by atoms with van der Waals surface area (Å²) in [5.74, 6) is -0.415. The van der Waals surface area contributed by atoms with E-state index in [1.165, 1.54) is 6.08 Å². The van der Waals surface area contributed by atoms with Crippen LogP contribution in [-0.2, 0) is 16.0 Å². The SMILES string of the molecule is C=CC(=O)Nc1ccc(C(=O)Nc2ccc3c(c2)CCC(=O)N3CC)cc1. The monoisotopic (exact) mass is 363 g/mol. The number of benzene rings is 2. The molecule has 0 aromatic heterocycles. The van der Waals surface area contributed by atoms with Gasteiger partial charge in [-0.2, -0.15) is 0 Å². The number of carbonyl (C=O) groups is 3. The van der Waals surface area contributed by atoms with E-state index in [1.54, 1.807) is 35.2 Å². The Balaban J connectivity index is 1.72. The van der Waals surface area contributed by atoms with E-state index in [0.717, 1.165) is 11.3 Å². The summed E-state index contributed by atoms with van der Waals surface area (Å²) in [6, 6.07) is 12.2. The Morgan fingerprint density at radius 3 is 2.44 bits per heavy atom. The molecule has 0 atom stereocenters. The van der Waals surface area contributed by atoms with Crippen LogP contribution in [0.3, 0.4) is 0 Å². The van der Waals surface area contributed by atoms with Crippen LogP contribution in [0.4, 0.5) is 17.1 Å². The van der Waals surface area contributed by atoms with Gasteiger partial charge in [0.05, 0.1) is 0 Å². The Kier molecular flexibility index (Phi) is 5.35. The lowest BCUT2D eigenvalue weighted by Gasteiger charge is -2.28. The molecule has 0 saturated heterocycles. The molecule has 0 radical (unpaired) electrons. The second kappa shape index (κ2) is 7.86. The van der Waals surface area contributed by atoms with Gasteiger partial charge >= 0.3 is 0 Å². The number of carbonyl (C=O) groups excluding carboxylic acids is 3. The van der Waals surface area contributed by atoms with Crippen LogP contribution in [-0.4, -0.2) is 24.3 Å². The first-order valence-corrected chi connectivity index (χ1v) is 8.80. The van der Waals surface area contributed by atoms with Gasteiger partial charge < -0.3 is 15.5 Å². The van der Waals surface area contributed by atoms with E-state index in [9.17, 15) is 14.4 Å². The van der Waals surface area contributed by atoms with Gasteiger partial charge in [-0.25, -0.2) is 0 Å². The highest BCUT2D eigenvalue weighted by atomic mass is 16.2. The molecule has 1 aliphatic heterocycles. The summed E-state index contributed by atoms with van der Waals surface area (Å²) in [5.41, 5.74) is 3.73. The average Bonchev–Trinajstić information content (AvgIpc) is 2.68. The van der Waals surface area contributed by atoms with Crippen molar-refractivity contribution in [2.75, 3.05) is 22.1 Å². The van der Waals surface area contributed by atoms with Gasteiger partial charge in [0, 0.05) is 35.6 Å². The Labute approximate surface area is 157 Å². The van der Waals surface area contributed by atoms with Crippen molar-refractivity contribution in [3.63, 3.8) is 0 Å². The third-order valence-corrected chi connectivity index (χ3v) is 4.45. The van der Waals surface area contributed by atoms with Crippen LogP contribution in [0.2, 0.25) is 0 Å². The summed E-state index contributed by atoms with van der Waals surface area (Å²) in [6.45, 7) is 5.98. The van der Waals surface area contributed by atoms with Gasteiger partial charge in [-0.05, 0) is 67.4 Å². The number of hydrogen-bond acceptors (Lipinski definition) is 3. The zero-order valence-electron chi connectivity index (χ0n) is 15.1. The zero-order chi connectivity index (χ0) is 19.4. The van der Waals surface area contributed by atoms with Gasteiger partial charge in [-0.1, -0.05) is 6.58 Å². The van der Waals surface area contributed by atoms with Crippen LogP contribution >= 0.6 is 0 Å². The molecule has 2 N–H and O–H groups in total. The van der Waals surface area contributed by atoms with Crippen LogP contribution in [0.5, 0.6) is 0 Å². The smallest absolute Gasteiger partial charge is 0.255 e. The van der Waals surface area contributed by atoms with E-state index >= 15 is 0 Å². The Hall–Kier alpha value is -3.41. The lowest BCUT2D eigenvalue weighted by molar-refractivity contribution is -0.118. The number of nitrogens with one attached hydrogen (secondary N) is 2. The van der Waals surface area contributed by atoms with E-state index in [-0.39, 0.29) is 17.7 Å². The van der Waals surface area contributed by atoms with Crippen molar-refractivity contribution >= 4 is 34.8 Å². The van der Waals surface area contributed by atoms with Gasteiger partial charge in [0.25, 0.3) is 5.91 Å². The molecule has 0 saturated carbocycles. The fraction of sp³-hybridized carbons (Fsp3) is 0.190. The van der Waals surface area contributed by atoms with Crippen molar-refractivity contribution in [1.82, 2.24) is 0 Å². The lowest BCUT2D eigenvalue weighted by Crippen LogP contribution is -2.34.